The molecule has 1 unspecified atom stereocenters. The van der Waals surface area contributed by atoms with Gasteiger partial charge in [-0.3, -0.25) is 9.69 Å². The van der Waals surface area contributed by atoms with E-state index in [-0.39, 0.29) is 5.91 Å². The zero-order valence-corrected chi connectivity index (χ0v) is 13.4. The zero-order chi connectivity index (χ0) is 15.2. The smallest absolute Gasteiger partial charge is 0.234 e. The van der Waals surface area contributed by atoms with Gasteiger partial charge in [0, 0.05) is 38.1 Å². The molecule has 118 valence electrons. The minimum atomic E-state index is 0.0838. The molecule has 0 aliphatic carbocycles. The first-order valence-electron chi connectivity index (χ1n) is 7.75. The molecule has 6 nitrogen and oxygen atoms in total. The Morgan fingerprint density at radius 3 is 3.00 bits per heavy atom. The summed E-state index contributed by atoms with van der Waals surface area (Å²) in [5.74, 6) is 1.01. The predicted octanol–water partition coefficient (Wildman–Crippen LogP) is 0.545. The second kappa shape index (κ2) is 7.56. The van der Waals surface area contributed by atoms with Gasteiger partial charge in [-0.2, -0.15) is 0 Å². The van der Waals surface area contributed by atoms with Crippen molar-refractivity contribution in [3.63, 3.8) is 0 Å². The Balaban J connectivity index is 1.74. The molecule has 0 radical (unpaired) electrons. The number of aryl methyl sites for hydroxylation is 1. The first kappa shape index (κ1) is 16.0. The van der Waals surface area contributed by atoms with Crippen LogP contribution in [-0.4, -0.2) is 65.0 Å². The van der Waals surface area contributed by atoms with Crippen molar-refractivity contribution in [3.05, 3.63) is 18.2 Å². The normalized spacial score (nSPS) is 19.3. The van der Waals surface area contributed by atoms with E-state index in [2.05, 4.69) is 45.7 Å². The molecule has 1 aromatic rings. The quantitative estimate of drug-likeness (QED) is 0.797. The van der Waals surface area contributed by atoms with Crippen molar-refractivity contribution in [2.45, 2.75) is 38.9 Å². The van der Waals surface area contributed by atoms with Gasteiger partial charge in [0.25, 0.3) is 0 Å². The van der Waals surface area contributed by atoms with Gasteiger partial charge in [-0.25, -0.2) is 4.98 Å². The van der Waals surface area contributed by atoms with E-state index >= 15 is 0 Å². The van der Waals surface area contributed by atoms with Crippen LogP contribution in [0.4, 0.5) is 0 Å². The number of likely N-dealkylation sites (N-methyl/N-ethyl adjacent to an activating group) is 1. The summed E-state index contributed by atoms with van der Waals surface area (Å²) in [4.78, 5) is 20.8. The number of carbonyl (C=O) groups excluding carboxylic acids is 1. The number of aromatic nitrogens is 2. The standard InChI is InChI=1S/C15H27N5O/c1-4-7-20-9-6-16-14(20)10-17-15(21)12-19-8-5-13(11-19)18(2)3/h6,9,13H,4-5,7-8,10-12H2,1-3H3,(H,17,21). The third kappa shape index (κ3) is 4.54. The Hall–Kier alpha value is -1.40. The molecule has 1 saturated heterocycles. The Labute approximate surface area is 127 Å². The number of rotatable bonds is 7. The van der Waals surface area contributed by atoms with Crippen molar-refractivity contribution < 1.29 is 4.79 Å². The van der Waals surface area contributed by atoms with Crippen LogP contribution in [-0.2, 0) is 17.9 Å². The average molecular weight is 293 g/mol. The van der Waals surface area contributed by atoms with Crippen molar-refractivity contribution in [1.29, 1.82) is 0 Å². The van der Waals surface area contributed by atoms with Crippen molar-refractivity contribution >= 4 is 5.91 Å². The van der Waals surface area contributed by atoms with E-state index in [0.717, 1.165) is 38.3 Å². The van der Waals surface area contributed by atoms with Gasteiger partial charge in [0.2, 0.25) is 5.91 Å². The molecule has 1 N–H and O–H groups in total. The molecule has 0 aromatic carbocycles. The van der Waals surface area contributed by atoms with Gasteiger partial charge in [0.15, 0.2) is 0 Å². The molecule has 1 atom stereocenters. The molecule has 1 amide bonds. The maximum absolute atomic E-state index is 12.0. The molecule has 2 rings (SSSR count). The van der Waals surface area contributed by atoms with Crippen molar-refractivity contribution in [3.8, 4) is 0 Å². The second-order valence-corrected chi connectivity index (χ2v) is 5.95. The van der Waals surface area contributed by atoms with E-state index in [1.165, 1.54) is 0 Å². The topological polar surface area (TPSA) is 53.4 Å². The highest BCUT2D eigenvalue weighted by molar-refractivity contribution is 5.77. The second-order valence-electron chi connectivity index (χ2n) is 5.95. The van der Waals surface area contributed by atoms with Crippen LogP contribution in [0.3, 0.4) is 0 Å². The number of hydrogen-bond donors (Lipinski definition) is 1. The Morgan fingerprint density at radius 1 is 1.52 bits per heavy atom. The molecule has 0 spiro atoms. The van der Waals surface area contributed by atoms with Crippen LogP contribution >= 0.6 is 0 Å². The van der Waals surface area contributed by atoms with Crippen LogP contribution in [0, 0.1) is 0 Å². The van der Waals surface area contributed by atoms with Crippen LogP contribution in [0.1, 0.15) is 25.6 Å². The Bertz CT molecular complexity index is 457. The summed E-state index contributed by atoms with van der Waals surface area (Å²) in [6.07, 6.45) is 5.96. The van der Waals surface area contributed by atoms with E-state index in [0.29, 0.717) is 19.1 Å². The van der Waals surface area contributed by atoms with Crippen molar-refractivity contribution in [2.24, 2.45) is 0 Å². The van der Waals surface area contributed by atoms with Crippen molar-refractivity contribution in [1.82, 2.24) is 24.7 Å². The van der Waals surface area contributed by atoms with E-state index in [4.69, 9.17) is 0 Å². The lowest BCUT2D eigenvalue weighted by Crippen LogP contribution is -2.38. The van der Waals surface area contributed by atoms with E-state index in [1.54, 1.807) is 6.20 Å². The largest absolute Gasteiger partial charge is 0.348 e. The molecule has 1 aromatic heterocycles. The maximum Gasteiger partial charge on any atom is 0.234 e. The van der Waals surface area contributed by atoms with Crippen LogP contribution in [0.2, 0.25) is 0 Å². The molecule has 0 bridgehead atoms. The minimum Gasteiger partial charge on any atom is -0.348 e. The first-order chi connectivity index (χ1) is 10.1. The zero-order valence-electron chi connectivity index (χ0n) is 13.4. The molecule has 1 aliphatic rings. The molecule has 6 heteroatoms. The minimum absolute atomic E-state index is 0.0838. The number of likely N-dealkylation sites (tertiary alicyclic amines) is 1. The van der Waals surface area contributed by atoms with Gasteiger partial charge in [-0.15, -0.1) is 0 Å². The summed E-state index contributed by atoms with van der Waals surface area (Å²) >= 11 is 0. The van der Waals surface area contributed by atoms with Crippen LogP contribution in [0.15, 0.2) is 12.4 Å². The molecule has 21 heavy (non-hydrogen) atoms. The Kier molecular flexibility index (Phi) is 5.76. The van der Waals surface area contributed by atoms with Gasteiger partial charge in [-0.05, 0) is 26.9 Å². The van der Waals surface area contributed by atoms with Gasteiger partial charge in [0.05, 0.1) is 13.1 Å². The lowest BCUT2D eigenvalue weighted by Gasteiger charge is -2.20. The Morgan fingerprint density at radius 2 is 2.33 bits per heavy atom. The number of nitrogens with one attached hydrogen (secondary N) is 1. The fourth-order valence-electron chi connectivity index (χ4n) is 2.77. The lowest BCUT2D eigenvalue weighted by molar-refractivity contribution is -0.122. The molecular weight excluding hydrogens is 266 g/mol. The fourth-order valence-corrected chi connectivity index (χ4v) is 2.77. The maximum atomic E-state index is 12.0. The summed E-state index contributed by atoms with van der Waals surface area (Å²) in [5.41, 5.74) is 0. The summed E-state index contributed by atoms with van der Waals surface area (Å²) in [6, 6.07) is 0.571. The van der Waals surface area contributed by atoms with E-state index in [9.17, 15) is 4.79 Å². The number of amides is 1. The number of nitrogens with zero attached hydrogens (tertiary/aromatic N) is 4. The first-order valence-corrected chi connectivity index (χ1v) is 7.75. The summed E-state index contributed by atoms with van der Waals surface area (Å²) in [5, 5.41) is 2.98. The fraction of sp³-hybridized carbons (Fsp3) is 0.733. The summed E-state index contributed by atoms with van der Waals surface area (Å²) < 4.78 is 2.10. The van der Waals surface area contributed by atoms with Gasteiger partial charge in [0.1, 0.15) is 5.82 Å². The highest BCUT2D eigenvalue weighted by atomic mass is 16.2. The van der Waals surface area contributed by atoms with Gasteiger partial charge < -0.3 is 14.8 Å². The van der Waals surface area contributed by atoms with E-state index < -0.39 is 0 Å². The SMILES string of the molecule is CCCn1ccnc1CNC(=O)CN1CCC(N(C)C)C1. The number of carbonyl (C=O) groups is 1. The highest BCUT2D eigenvalue weighted by Gasteiger charge is 2.25. The third-order valence-electron chi connectivity index (χ3n) is 4.05. The van der Waals surface area contributed by atoms with Crippen LogP contribution < -0.4 is 5.32 Å². The molecule has 1 aliphatic heterocycles. The monoisotopic (exact) mass is 293 g/mol. The summed E-state index contributed by atoms with van der Waals surface area (Å²) in [7, 11) is 4.20. The highest BCUT2D eigenvalue weighted by Crippen LogP contribution is 2.12. The molecule has 2 heterocycles. The predicted molar refractivity (Wildman–Crippen MR) is 82.9 cm³/mol. The van der Waals surface area contributed by atoms with E-state index in [1.807, 2.05) is 6.20 Å². The number of hydrogen-bond acceptors (Lipinski definition) is 4. The third-order valence-corrected chi connectivity index (χ3v) is 4.05. The number of imidazole rings is 1. The summed E-state index contributed by atoms with van der Waals surface area (Å²) in [6.45, 7) is 6.06. The van der Waals surface area contributed by atoms with Gasteiger partial charge in [-0.1, -0.05) is 6.92 Å². The van der Waals surface area contributed by atoms with Crippen molar-refractivity contribution in [2.75, 3.05) is 33.7 Å². The molecule has 0 saturated carbocycles. The van der Waals surface area contributed by atoms with Crippen LogP contribution in [0.5, 0.6) is 0 Å². The lowest BCUT2D eigenvalue weighted by atomic mass is 10.2. The average Bonchev–Trinajstić information content (AvgIpc) is 3.06. The van der Waals surface area contributed by atoms with Crippen LogP contribution in [0.25, 0.3) is 0 Å². The molecular formula is C15H27N5O. The molecule has 1 fully saturated rings. The van der Waals surface area contributed by atoms with Gasteiger partial charge >= 0.3 is 0 Å².